The molecule has 4 aliphatic heterocycles. The normalized spacial score (nSPS) is 29.3. The lowest BCUT2D eigenvalue weighted by Crippen LogP contribution is -2.75. The van der Waals surface area contributed by atoms with Crippen LogP contribution in [0.15, 0.2) is 58.0 Å². The van der Waals surface area contributed by atoms with Crippen LogP contribution in [-0.4, -0.2) is 72.7 Å². The Morgan fingerprint density at radius 1 is 1.10 bits per heavy atom. The van der Waals surface area contributed by atoms with Crippen LogP contribution in [0.1, 0.15) is 97.8 Å². The Bertz CT molecular complexity index is 2160. The molecule has 4 heterocycles. The fourth-order valence-electron chi connectivity index (χ4n) is 10.2. The van der Waals surface area contributed by atoms with Gasteiger partial charge in [-0.05, 0) is 93.2 Å². The first-order chi connectivity index (χ1) is 27.5. The fourth-order valence-corrected chi connectivity index (χ4v) is 10.2. The highest BCUT2D eigenvalue weighted by Gasteiger charge is 2.84. The molecule has 58 heavy (non-hydrogen) atoms. The number of nitrogens with zero attached hydrogens (tertiary/aromatic N) is 1. The number of hydrogen-bond acceptors (Lipinski definition) is 12. The molecule has 5 N–H and O–H groups in total. The number of fused-ring (bicyclic) bond motifs is 3. The Kier molecular flexibility index (Phi) is 10.7. The summed E-state index contributed by atoms with van der Waals surface area (Å²) < 4.78 is 33.8. The first-order valence-electron chi connectivity index (χ1n) is 20.4. The van der Waals surface area contributed by atoms with E-state index in [0.717, 1.165) is 35.1 Å². The molecule has 8 rings (SSSR count). The number of dihydropyridines is 1. The number of nitrogens with two attached hydrogens (primary N) is 1. The number of rotatable bonds is 14. The van der Waals surface area contributed by atoms with Gasteiger partial charge in [0.05, 0.1) is 47.8 Å². The fraction of sp³-hybridized carbons (Fsp3) is 0.543. The highest BCUT2D eigenvalue weighted by atomic mass is 16.6. The van der Waals surface area contributed by atoms with Crippen molar-refractivity contribution >= 4 is 23.5 Å². The van der Waals surface area contributed by atoms with Gasteiger partial charge in [-0.3, -0.25) is 4.79 Å². The molecular weight excluding hydrogens is 737 g/mol. The van der Waals surface area contributed by atoms with Gasteiger partial charge >= 0.3 is 5.97 Å². The Hall–Kier alpha value is -4.83. The van der Waals surface area contributed by atoms with E-state index in [1.165, 1.54) is 12.7 Å². The van der Waals surface area contributed by atoms with Gasteiger partial charge in [-0.25, -0.2) is 4.79 Å². The van der Waals surface area contributed by atoms with Crippen molar-refractivity contribution in [1.29, 1.82) is 5.26 Å². The molecule has 0 radical (unpaired) electrons. The second kappa shape index (κ2) is 15.1. The molecule has 1 saturated heterocycles. The summed E-state index contributed by atoms with van der Waals surface area (Å²) in [5.41, 5.74) is 8.82. The van der Waals surface area contributed by atoms with Crippen LogP contribution in [0.5, 0.6) is 17.2 Å². The number of ketones is 1. The summed E-state index contributed by atoms with van der Waals surface area (Å²) in [5, 5.41) is 26.8. The summed E-state index contributed by atoms with van der Waals surface area (Å²) >= 11 is 0. The van der Waals surface area contributed by atoms with Crippen molar-refractivity contribution < 1.29 is 38.4 Å². The largest absolute Gasteiger partial charge is 0.491 e. The molecule has 3 aliphatic carbocycles. The number of allylic oxidation sites excluding steroid dienone is 5. The van der Waals surface area contributed by atoms with Crippen LogP contribution < -0.4 is 30.6 Å². The number of hydrogen-bond donors (Lipinski definition) is 4. The van der Waals surface area contributed by atoms with E-state index in [1.54, 1.807) is 13.0 Å². The summed E-state index contributed by atoms with van der Waals surface area (Å²) in [7, 11) is 1.33. The molecule has 1 aromatic carbocycles. The van der Waals surface area contributed by atoms with E-state index in [0.29, 0.717) is 60.0 Å². The second-order valence-corrected chi connectivity index (χ2v) is 17.7. The average molecular weight is 795 g/mol. The highest BCUT2D eigenvalue weighted by Crippen LogP contribution is 2.73. The van der Waals surface area contributed by atoms with Crippen molar-refractivity contribution in [3.8, 4) is 23.3 Å². The Balaban J connectivity index is 1.55. The number of benzene rings is 1. The van der Waals surface area contributed by atoms with E-state index in [4.69, 9.17) is 29.4 Å². The smallest absolute Gasteiger partial charge is 0.333 e. The lowest BCUT2D eigenvalue weighted by Gasteiger charge is -2.62. The van der Waals surface area contributed by atoms with Crippen molar-refractivity contribution in [2.75, 3.05) is 33.4 Å². The van der Waals surface area contributed by atoms with E-state index in [-0.39, 0.29) is 42.7 Å². The number of Topliss-reactive ketones (excluding diaryl/α,β-unsaturated/α-hetero) is 1. The monoisotopic (exact) mass is 794 g/mol. The predicted octanol–water partition coefficient (Wildman–Crippen LogP) is 6.10. The zero-order valence-electron chi connectivity index (χ0n) is 35.3. The van der Waals surface area contributed by atoms with Gasteiger partial charge in [0, 0.05) is 54.0 Å². The SMILES string of the molecule is COC(=O)/C(C)=C\CC12OC(C)(C)C3CC(C1=O)C1C(C#N)=C(N)NC4=C1C32Oc1c(CC=C(C)C)c2c(c(OCCNCCO)c14)C=CC(C)(CCC=C(C)C)O2. The third-order valence-corrected chi connectivity index (χ3v) is 12.8. The maximum atomic E-state index is 15.3. The van der Waals surface area contributed by atoms with Crippen molar-refractivity contribution in [3.63, 3.8) is 0 Å². The van der Waals surface area contributed by atoms with E-state index < -0.39 is 40.2 Å². The highest BCUT2D eigenvalue weighted by molar-refractivity contribution is 6.02. The molecule has 0 aromatic heterocycles. The van der Waals surface area contributed by atoms with Gasteiger partial charge in [-0.2, -0.15) is 5.26 Å². The molecule has 12 heteroatoms. The molecule has 6 atom stereocenters. The maximum Gasteiger partial charge on any atom is 0.333 e. The zero-order valence-corrected chi connectivity index (χ0v) is 35.3. The zero-order chi connectivity index (χ0) is 41.9. The van der Waals surface area contributed by atoms with Crippen LogP contribution in [-0.2, 0) is 25.5 Å². The second-order valence-electron chi connectivity index (χ2n) is 17.7. The van der Waals surface area contributed by atoms with Gasteiger partial charge in [-0.15, -0.1) is 0 Å². The maximum absolute atomic E-state index is 15.3. The van der Waals surface area contributed by atoms with Crippen LogP contribution in [0.2, 0.25) is 0 Å². The van der Waals surface area contributed by atoms with Gasteiger partial charge in [0.25, 0.3) is 0 Å². The minimum Gasteiger partial charge on any atom is -0.491 e. The number of aliphatic hydroxyl groups excluding tert-OH is 1. The topological polar surface area (TPSA) is 174 Å². The van der Waals surface area contributed by atoms with Crippen LogP contribution >= 0.6 is 0 Å². The minimum absolute atomic E-state index is 0.00829. The Morgan fingerprint density at radius 3 is 2.52 bits per heavy atom. The number of methoxy groups -OCH3 is 1. The molecule has 4 fully saturated rings. The summed E-state index contributed by atoms with van der Waals surface area (Å²) in [6.45, 7) is 17.1. The van der Waals surface area contributed by atoms with Crippen LogP contribution in [0.3, 0.4) is 0 Å². The lowest BCUT2D eigenvalue weighted by atomic mass is 9.45. The summed E-state index contributed by atoms with van der Waals surface area (Å²) in [5.74, 6) is -0.502. The first-order valence-corrected chi connectivity index (χ1v) is 20.4. The van der Waals surface area contributed by atoms with Crippen molar-refractivity contribution in [1.82, 2.24) is 10.6 Å². The van der Waals surface area contributed by atoms with Crippen molar-refractivity contribution in [3.05, 3.63) is 74.7 Å². The summed E-state index contributed by atoms with van der Waals surface area (Å²) in [6.07, 6.45) is 12.7. The summed E-state index contributed by atoms with van der Waals surface area (Å²) in [6, 6.07) is 2.35. The number of carbonyl (C=O) groups is 2. The first kappa shape index (κ1) is 41.3. The minimum atomic E-state index is -1.57. The van der Waals surface area contributed by atoms with Gasteiger partial charge in [0.2, 0.25) is 0 Å². The van der Waals surface area contributed by atoms with Gasteiger partial charge in [0.15, 0.2) is 17.0 Å². The van der Waals surface area contributed by atoms with Crippen LogP contribution in [0.4, 0.5) is 0 Å². The molecule has 0 amide bonds. The van der Waals surface area contributed by atoms with E-state index in [9.17, 15) is 15.2 Å². The molecule has 7 aliphatic rings. The van der Waals surface area contributed by atoms with Crippen molar-refractivity contribution in [2.45, 2.75) is 110 Å². The molecule has 310 valence electrons. The molecule has 1 aromatic rings. The number of ether oxygens (including phenoxy) is 5. The lowest BCUT2D eigenvalue weighted by molar-refractivity contribution is -0.181. The van der Waals surface area contributed by atoms with Crippen molar-refractivity contribution in [2.24, 2.45) is 23.5 Å². The molecular formula is C46H58N4O8. The number of aliphatic hydroxyl groups is 1. The van der Waals surface area contributed by atoms with Crippen LogP contribution in [0, 0.1) is 29.1 Å². The predicted molar refractivity (Wildman–Crippen MR) is 220 cm³/mol. The van der Waals surface area contributed by atoms with Gasteiger partial charge in [-0.1, -0.05) is 29.4 Å². The standard InChI is InChI=1S/C46H58N4O8/c1-25(2)11-10-16-44(8)17-15-29-37(56-44)28(13-12-26(3)4)39-34(38(29)55-22-20-49-19-21-51)36-35-33(31(24-47)41(48)50-36)30-23-32-43(6,7)58-45(40(30)52,46(32,35)57-39)18-14-27(5)42(53)54-9/h11-12,14-15,17,30,32-33,49-51H,10,13,16,18-23,48H2,1-9H3/b27-14-. The Labute approximate surface area is 341 Å². The molecule has 12 nitrogen and oxygen atoms in total. The number of nitrogens with one attached hydrogen (secondary N) is 2. The van der Waals surface area contributed by atoms with E-state index >= 15 is 4.79 Å². The van der Waals surface area contributed by atoms with Gasteiger partial charge < -0.3 is 45.2 Å². The number of esters is 1. The third kappa shape index (κ3) is 6.28. The number of carbonyl (C=O) groups excluding carboxylic acids is 2. The number of nitriles is 1. The molecule has 3 saturated carbocycles. The molecule has 1 spiro atoms. The average Bonchev–Trinajstić information content (AvgIpc) is 3.31. The quantitative estimate of drug-likeness (QED) is 0.0739. The van der Waals surface area contributed by atoms with Gasteiger partial charge in [0.1, 0.15) is 35.3 Å². The van der Waals surface area contributed by atoms with E-state index in [2.05, 4.69) is 61.8 Å². The summed E-state index contributed by atoms with van der Waals surface area (Å²) in [4.78, 5) is 28.1. The van der Waals surface area contributed by atoms with Crippen LogP contribution in [0.25, 0.3) is 11.8 Å². The van der Waals surface area contributed by atoms with E-state index in [1.807, 2.05) is 27.7 Å². The molecule has 6 unspecified atom stereocenters. The Morgan fingerprint density at radius 2 is 1.84 bits per heavy atom. The third-order valence-electron chi connectivity index (χ3n) is 12.8. The molecule has 4 bridgehead atoms.